The summed E-state index contributed by atoms with van der Waals surface area (Å²) in [5.41, 5.74) is 2.74. The molecule has 0 aliphatic carbocycles. The topological polar surface area (TPSA) is 66.4 Å². The molecule has 1 aromatic rings. The van der Waals surface area contributed by atoms with Crippen molar-refractivity contribution >= 4 is 17.6 Å². The number of amides is 1. The van der Waals surface area contributed by atoms with Crippen molar-refractivity contribution in [2.24, 2.45) is 0 Å². The van der Waals surface area contributed by atoms with Crippen LogP contribution in [-0.4, -0.2) is 17.0 Å². The van der Waals surface area contributed by atoms with Gasteiger partial charge in [0.1, 0.15) is 0 Å². The van der Waals surface area contributed by atoms with Gasteiger partial charge in [-0.1, -0.05) is 17.7 Å². The molecule has 0 unspecified atom stereocenters. The van der Waals surface area contributed by atoms with Gasteiger partial charge in [0.25, 0.3) is 0 Å². The number of carbonyl (C=O) groups excluding carboxylic acids is 1. The van der Waals surface area contributed by atoms with E-state index in [4.69, 9.17) is 5.11 Å². The largest absolute Gasteiger partial charge is 0.478 e. The number of aliphatic carboxylic acids is 1. The Morgan fingerprint density at radius 1 is 1.25 bits per heavy atom. The summed E-state index contributed by atoms with van der Waals surface area (Å²) < 4.78 is 0. The van der Waals surface area contributed by atoms with Crippen LogP contribution in [0.3, 0.4) is 0 Å². The summed E-state index contributed by atoms with van der Waals surface area (Å²) in [4.78, 5) is 21.5. The van der Waals surface area contributed by atoms with Gasteiger partial charge in [0.15, 0.2) is 0 Å². The van der Waals surface area contributed by atoms with E-state index in [0.29, 0.717) is 5.69 Å². The Labute approximate surface area is 93.6 Å². The Morgan fingerprint density at radius 2 is 1.94 bits per heavy atom. The van der Waals surface area contributed by atoms with Crippen LogP contribution in [0.4, 0.5) is 5.69 Å². The normalized spacial score (nSPS) is 10.4. The van der Waals surface area contributed by atoms with Gasteiger partial charge in [-0.3, -0.25) is 4.79 Å². The van der Waals surface area contributed by atoms with Crippen LogP contribution in [0.2, 0.25) is 0 Å². The van der Waals surface area contributed by atoms with E-state index in [9.17, 15) is 9.59 Å². The predicted octanol–water partition coefficient (Wildman–Crippen LogP) is 1.88. The molecule has 1 aromatic carbocycles. The molecule has 0 aliphatic rings. The summed E-state index contributed by atoms with van der Waals surface area (Å²) in [5, 5.41) is 11.0. The Kier molecular flexibility index (Phi) is 3.83. The van der Waals surface area contributed by atoms with E-state index in [1.54, 1.807) is 6.07 Å². The molecule has 16 heavy (non-hydrogen) atoms. The lowest BCUT2D eigenvalue weighted by molar-refractivity contribution is -0.131. The molecule has 0 atom stereocenters. The molecule has 1 amide bonds. The second-order valence-electron chi connectivity index (χ2n) is 3.48. The average Bonchev–Trinajstić information content (AvgIpc) is 2.19. The molecule has 0 aliphatic heterocycles. The van der Waals surface area contributed by atoms with Crippen molar-refractivity contribution < 1.29 is 14.7 Å². The number of hydrogen-bond donors (Lipinski definition) is 2. The second-order valence-corrected chi connectivity index (χ2v) is 3.48. The van der Waals surface area contributed by atoms with E-state index in [-0.39, 0.29) is 0 Å². The molecular weight excluding hydrogens is 206 g/mol. The molecule has 4 nitrogen and oxygen atoms in total. The highest BCUT2D eigenvalue weighted by atomic mass is 16.4. The SMILES string of the molecule is Cc1ccc(NC(=O)/C=C/C(=O)O)c(C)c1. The third kappa shape index (κ3) is 3.57. The van der Waals surface area contributed by atoms with Gasteiger partial charge in [0, 0.05) is 17.8 Å². The van der Waals surface area contributed by atoms with E-state index in [2.05, 4.69) is 5.32 Å². The zero-order valence-corrected chi connectivity index (χ0v) is 9.15. The molecule has 0 heterocycles. The summed E-state index contributed by atoms with van der Waals surface area (Å²) in [6.07, 6.45) is 1.79. The third-order valence-corrected chi connectivity index (χ3v) is 2.02. The highest BCUT2D eigenvalue weighted by Crippen LogP contribution is 2.15. The summed E-state index contributed by atoms with van der Waals surface area (Å²) in [5.74, 6) is -1.59. The number of nitrogens with one attached hydrogen (secondary N) is 1. The van der Waals surface area contributed by atoms with Crippen molar-refractivity contribution in [1.82, 2.24) is 0 Å². The summed E-state index contributed by atoms with van der Waals surface area (Å²) in [6, 6.07) is 5.61. The smallest absolute Gasteiger partial charge is 0.328 e. The molecule has 0 aromatic heterocycles. The van der Waals surface area contributed by atoms with Gasteiger partial charge in [-0.25, -0.2) is 4.79 Å². The predicted molar refractivity (Wildman–Crippen MR) is 61.3 cm³/mol. The average molecular weight is 219 g/mol. The van der Waals surface area contributed by atoms with Crippen molar-refractivity contribution in [3.05, 3.63) is 41.5 Å². The highest BCUT2D eigenvalue weighted by Gasteiger charge is 2.01. The van der Waals surface area contributed by atoms with E-state index in [0.717, 1.165) is 23.3 Å². The maximum Gasteiger partial charge on any atom is 0.328 e. The van der Waals surface area contributed by atoms with Crippen LogP contribution in [0.5, 0.6) is 0 Å². The Morgan fingerprint density at radius 3 is 2.50 bits per heavy atom. The first-order chi connectivity index (χ1) is 7.49. The molecule has 84 valence electrons. The first-order valence-corrected chi connectivity index (χ1v) is 4.78. The van der Waals surface area contributed by atoms with Gasteiger partial charge in [-0.05, 0) is 25.5 Å². The van der Waals surface area contributed by atoms with Crippen molar-refractivity contribution in [2.45, 2.75) is 13.8 Å². The number of carboxylic acids is 1. The monoisotopic (exact) mass is 219 g/mol. The van der Waals surface area contributed by atoms with Crippen LogP contribution in [0.15, 0.2) is 30.4 Å². The lowest BCUT2D eigenvalue weighted by Gasteiger charge is -2.06. The van der Waals surface area contributed by atoms with E-state index < -0.39 is 11.9 Å². The van der Waals surface area contributed by atoms with Crippen molar-refractivity contribution in [3.63, 3.8) is 0 Å². The third-order valence-electron chi connectivity index (χ3n) is 2.02. The molecule has 2 N–H and O–H groups in total. The molecule has 0 bridgehead atoms. The number of carboxylic acid groups (broad SMARTS) is 1. The first kappa shape index (κ1) is 12.0. The summed E-state index contributed by atoms with van der Waals surface area (Å²) >= 11 is 0. The minimum atomic E-state index is -1.14. The lowest BCUT2D eigenvalue weighted by atomic mass is 10.1. The van der Waals surface area contributed by atoms with Crippen LogP contribution >= 0.6 is 0 Å². The van der Waals surface area contributed by atoms with E-state index in [1.165, 1.54) is 0 Å². The minimum absolute atomic E-state index is 0.450. The molecule has 0 saturated heterocycles. The fraction of sp³-hybridized carbons (Fsp3) is 0.167. The maximum absolute atomic E-state index is 11.3. The molecule has 0 fully saturated rings. The zero-order chi connectivity index (χ0) is 12.1. The molecule has 0 saturated carbocycles. The van der Waals surface area contributed by atoms with Crippen LogP contribution in [0, 0.1) is 13.8 Å². The van der Waals surface area contributed by atoms with Gasteiger partial charge >= 0.3 is 5.97 Å². The maximum atomic E-state index is 11.3. The van der Waals surface area contributed by atoms with Crippen molar-refractivity contribution in [2.75, 3.05) is 5.32 Å². The first-order valence-electron chi connectivity index (χ1n) is 4.78. The summed E-state index contributed by atoms with van der Waals surface area (Å²) in [6.45, 7) is 3.84. The molecule has 4 heteroatoms. The van der Waals surface area contributed by atoms with Gasteiger partial charge in [-0.15, -0.1) is 0 Å². The van der Waals surface area contributed by atoms with Gasteiger partial charge < -0.3 is 10.4 Å². The van der Waals surface area contributed by atoms with Crippen LogP contribution in [-0.2, 0) is 9.59 Å². The highest BCUT2D eigenvalue weighted by molar-refractivity contribution is 6.02. The Balaban J connectivity index is 2.73. The van der Waals surface area contributed by atoms with Crippen LogP contribution in [0.1, 0.15) is 11.1 Å². The fourth-order valence-corrected chi connectivity index (χ4v) is 1.28. The summed E-state index contributed by atoms with van der Waals surface area (Å²) in [7, 11) is 0. The Bertz CT molecular complexity index is 450. The second kappa shape index (κ2) is 5.11. The van der Waals surface area contributed by atoms with Crippen LogP contribution in [0.25, 0.3) is 0 Å². The van der Waals surface area contributed by atoms with E-state index in [1.807, 2.05) is 26.0 Å². The minimum Gasteiger partial charge on any atom is -0.478 e. The number of rotatable bonds is 3. The fourth-order valence-electron chi connectivity index (χ4n) is 1.28. The number of anilines is 1. The standard InChI is InChI=1S/C12H13NO3/c1-8-3-4-10(9(2)7-8)13-11(14)5-6-12(15)16/h3-7H,1-2H3,(H,13,14)(H,15,16)/b6-5+. The van der Waals surface area contributed by atoms with Gasteiger partial charge in [0.05, 0.1) is 0 Å². The van der Waals surface area contributed by atoms with E-state index >= 15 is 0 Å². The quantitative estimate of drug-likeness (QED) is 0.763. The molecule has 0 spiro atoms. The zero-order valence-electron chi connectivity index (χ0n) is 9.15. The van der Waals surface area contributed by atoms with Crippen molar-refractivity contribution in [3.8, 4) is 0 Å². The van der Waals surface area contributed by atoms with Crippen molar-refractivity contribution in [1.29, 1.82) is 0 Å². The number of hydrogen-bond acceptors (Lipinski definition) is 2. The number of benzene rings is 1. The molecule has 0 radical (unpaired) electrons. The lowest BCUT2D eigenvalue weighted by Crippen LogP contribution is -2.09. The van der Waals surface area contributed by atoms with Gasteiger partial charge in [0.2, 0.25) is 5.91 Å². The number of aryl methyl sites for hydroxylation is 2. The van der Waals surface area contributed by atoms with Gasteiger partial charge in [-0.2, -0.15) is 0 Å². The Hall–Kier alpha value is -2.10. The molecule has 1 rings (SSSR count). The molecular formula is C12H13NO3. The van der Waals surface area contributed by atoms with Crippen LogP contribution < -0.4 is 5.32 Å². The number of carbonyl (C=O) groups is 2.